The van der Waals surface area contributed by atoms with Crippen LogP contribution in [-0.4, -0.2) is 59.2 Å². The van der Waals surface area contributed by atoms with Crippen LogP contribution in [0.2, 0.25) is 0 Å². The number of H-pyrrole nitrogens is 1. The molecule has 0 aliphatic carbocycles. The number of carbonyl (C=O) groups is 1. The molecular weight excluding hydrogens is 390 g/mol. The molecule has 136 valence electrons. The van der Waals surface area contributed by atoms with Crippen LogP contribution < -0.4 is 10.2 Å². The second-order valence-corrected chi connectivity index (χ2v) is 7.76. The van der Waals surface area contributed by atoms with Gasteiger partial charge in [0.1, 0.15) is 5.60 Å². The molecule has 1 aliphatic heterocycles. The van der Waals surface area contributed by atoms with E-state index < -0.39 is 11.7 Å². The summed E-state index contributed by atoms with van der Waals surface area (Å²) >= 11 is 3.58. The Morgan fingerprint density at radius 3 is 3.08 bits per heavy atom. The number of nitrogens with one attached hydrogen (secondary N) is 2. The first-order chi connectivity index (χ1) is 11.8. The third-order valence-corrected chi connectivity index (χ3v) is 4.32. The average molecular weight is 412 g/mol. The molecule has 8 nitrogen and oxygen atoms in total. The van der Waals surface area contributed by atoms with Crippen molar-refractivity contribution in [1.82, 2.24) is 20.5 Å². The van der Waals surface area contributed by atoms with Crippen molar-refractivity contribution in [1.29, 1.82) is 0 Å². The predicted molar refractivity (Wildman–Crippen MR) is 97.8 cm³/mol. The second kappa shape index (κ2) is 7.17. The highest BCUT2D eigenvalue weighted by Crippen LogP contribution is 2.33. The summed E-state index contributed by atoms with van der Waals surface area (Å²) < 4.78 is 11.9. The van der Waals surface area contributed by atoms with Gasteiger partial charge in [-0.25, -0.2) is 9.78 Å². The molecule has 1 aliphatic rings. The first-order valence-electron chi connectivity index (χ1n) is 8.14. The third-order valence-electron chi connectivity index (χ3n) is 3.74. The van der Waals surface area contributed by atoms with E-state index in [1.807, 2.05) is 20.8 Å². The van der Waals surface area contributed by atoms with Crippen molar-refractivity contribution in [3.8, 4) is 0 Å². The topological polar surface area (TPSA) is 92.4 Å². The van der Waals surface area contributed by atoms with E-state index in [9.17, 15) is 4.79 Å². The summed E-state index contributed by atoms with van der Waals surface area (Å²) in [6.07, 6.45) is 2.98. The molecule has 0 radical (unpaired) electrons. The number of pyridine rings is 1. The zero-order valence-electron chi connectivity index (χ0n) is 14.5. The quantitative estimate of drug-likeness (QED) is 0.805. The van der Waals surface area contributed by atoms with Crippen LogP contribution in [0.4, 0.5) is 10.5 Å². The number of carbonyl (C=O) groups excluding carboxylic acids is 1. The van der Waals surface area contributed by atoms with Gasteiger partial charge in [-0.15, -0.1) is 0 Å². The van der Waals surface area contributed by atoms with Gasteiger partial charge in [0.05, 0.1) is 34.5 Å². The maximum absolute atomic E-state index is 11.8. The largest absolute Gasteiger partial charge is 0.444 e. The van der Waals surface area contributed by atoms with E-state index in [4.69, 9.17) is 9.47 Å². The van der Waals surface area contributed by atoms with Crippen LogP contribution in [0.1, 0.15) is 20.8 Å². The Bertz CT molecular complexity index is 758. The van der Waals surface area contributed by atoms with Crippen LogP contribution in [0.3, 0.4) is 0 Å². The van der Waals surface area contributed by atoms with Crippen molar-refractivity contribution >= 4 is 38.7 Å². The van der Waals surface area contributed by atoms with Crippen molar-refractivity contribution in [2.24, 2.45) is 0 Å². The Kier molecular flexibility index (Phi) is 5.14. The Labute approximate surface area is 154 Å². The summed E-state index contributed by atoms with van der Waals surface area (Å²) in [5, 5.41) is 10.7. The van der Waals surface area contributed by atoms with Gasteiger partial charge < -0.3 is 19.7 Å². The molecule has 3 heterocycles. The molecule has 1 fully saturated rings. The molecule has 2 aromatic heterocycles. The number of rotatable bonds is 3. The highest BCUT2D eigenvalue weighted by molar-refractivity contribution is 9.10. The summed E-state index contributed by atoms with van der Waals surface area (Å²) in [4.78, 5) is 18.3. The molecule has 1 amide bonds. The lowest BCUT2D eigenvalue weighted by atomic mass is 10.2. The molecule has 25 heavy (non-hydrogen) atoms. The number of amides is 1. The molecular formula is C16H22BrN5O3. The van der Waals surface area contributed by atoms with Gasteiger partial charge in [0.25, 0.3) is 0 Å². The fraction of sp³-hybridized carbons (Fsp3) is 0.562. The molecule has 0 aromatic carbocycles. The van der Waals surface area contributed by atoms with Crippen LogP contribution >= 0.6 is 15.9 Å². The number of aromatic amines is 1. The van der Waals surface area contributed by atoms with E-state index in [2.05, 4.69) is 41.3 Å². The van der Waals surface area contributed by atoms with Crippen molar-refractivity contribution in [3.63, 3.8) is 0 Å². The monoisotopic (exact) mass is 411 g/mol. The number of halogens is 1. The lowest BCUT2D eigenvalue weighted by Gasteiger charge is -2.35. The van der Waals surface area contributed by atoms with Crippen molar-refractivity contribution in [2.75, 3.05) is 31.1 Å². The fourth-order valence-electron chi connectivity index (χ4n) is 2.74. The minimum atomic E-state index is -0.516. The number of morpholine rings is 1. The first-order valence-corrected chi connectivity index (χ1v) is 8.94. The van der Waals surface area contributed by atoms with Crippen LogP contribution in [0.25, 0.3) is 11.0 Å². The zero-order valence-corrected chi connectivity index (χ0v) is 16.1. The molecule has 1 saturated heterocycles. The van der Waals surface area contributed by atoms with Gasteiger partial charge >= 0.3 is 6.09 Å². The smallest absolute Gasteiger partial charge is 0.407 e. The molecule has 2 aromatic rings. The van der Waals surface area contributed by atoms with Gasteiger partial charge in [0, 0.05) is 25.8 Å². The Balaban J connectivity index is 1.66. The molecule has 9 heteroatoms. The number of alkyl carbamates (subject to hydrolysis) is 1. The van der Waals surface area contributed by atoms with Crippen LogP contribution in [0.5, 0.6) is 0 Å². The number of nitrogens with zero attached hydrogens (tertiary/aromatic N) is 3. The number of aromatic nitrogens is 3. The van der Waals surface area contributed by atoms with Crippen molar-refractivity contribution < 1.29 is 14.3 Å². The van der Waals surface area contributed by atoms with E-state index >= 15 is 0 Å². The average Bonchev–Trinajstić information content (AvgIpc) is 3.00. The minimum absolute atomic E-state index is 0.122. The van der Waals surface area contributed by atoms with Crippen molar-refractivity contribution in [2.45, 2.75) is 32.5 Å². The Morgan fingerprint density at radius 2 is 2.32 bits per heavy atom. The van der Waals surface area contributed by atoms with Crippen LogP contribution in [-0.2, 0) is 9.47 Å². The molecule has 0 spiro atoms. The van der Waals surface area contributed by atoms with Gasteiger partial charge in [0.15, 0.2) is 5.65 Å². The SMILES string of the molecule is CC(C)(C)OC(=O)NCC1CN(c2c(Br)cnc3[nH]ncc23)CCO1. The maximum atomic E-state index is 11.8. The lowest BCUT2D eigenvalue weighted by Crippen LogP contribution is -2.48. The number of anilines is 1. The highest BCUT2D eigenvalue weighted by Gasteiger charge is 2.25. The van der Waals surface area contributed by atoms with Crippen LogP contribution in [0, 0.1) is 0 Å². The van der Waals surface area contributed by atoms with E-state index in [-0.39, 0.29) is 6.10 Å². The lowest BCUT2D eigenvalue weighted by molar-refractivity contribution is 0.0283. The molecule has 1 atom stereocenters. The van der Waals surface area contributed by atoms with E-state index in [0.717, 1.165) is 27.7 Å². The summed E-state index contributed by atoms with van der Waals surface area (Å²) in [7, 11) is 0. The summed E-state index contributed by atoms with van der Waals surface area (Å²) in [6.45, 7) is 7.88. The van der Waals surface area contributed by atoms with Crippen LogP contribution in [0.15, 0.2) is 16.9 Å². The van der Waals surface area contributed by atoms with Crippen molar-refractivity contribution in [3.05, 3.63) is 16.9 Å². The van der Waals surface area contributed by atoms with Gasteiger partial charge in [-0.2, -0.15) is 5.10 Å². The predicted octanol–water partition coefficient (Wildman–Crippen LogP) is 2.45. The van der Waals surface area contributed by atoms with Gasteiger partial charge in [-0.3, -0.25) is 5.10 Å². The Hall–Kier alpha value is -1.87. The Morgan fingerprint density at radius 1 is 1.52 bits per heavy atom. The third kappa shape index (κ3) is 4.40. The summed E-state index contributed by atoms with van der Waals surface area (Å²) in [5.74, 6) is 0. The molecule has 0 saturated carbocycles. The van der Waals surface area contributed by atoms with Gasteiger partial charge in [-0.1, -0.05) is 0 Å². The van der Waals surface area contributed by atoms with E-state index in [0.29, 0.717) is 19.7 Å². The van der Waals surface area contributed by atoms with E-state index in [1.54, 1.807) is 12.4 Å². The number of fused-ring (bicyclic) bond motifs is 1. The normalized spacial score (nSPS) is 18.4. The summed E-state index contributed by atoms with van der Waals surface area (Å²) in [6, 6.07) is 0. The molecule has 1 unspecified atom stereocenters. The second-order valence-electron chi connectivity index (χ2n) is 6.91. The zero-order chi connectivity index (χ0) is 18.0. The highest BCUT2D eigenvalue weighted by atomic mass is 79.9. The number of ether oxygens (including phenoxy) is 2. The molecule has 0 bridgehead atoms. The van der Waals surface area contributed by atoms with E-state index in [1.165, 1.54) is 0 Å². The first kappa shape index (κ1) is 17.9. The number of hydrogen-bond acceptors (Lipinski definition) is 6. The summed E-state index contributed by atoms with van der Waals surface area (Å²) in [5.41, 5.74) is 1.26. The molecule has 2 N–H and O–H groups in total. The van der Waals surface area contributed by atoms with Gasteiger partial charge in [0.2, 0.25) is 0 Å². The maximum Gasteiger partial charge on any atom is 0.407 e. The number of hydrogen-bond donors (Lipinski definition) is 2. The standard InChI is InChI=1S/C16H22BrN5O3/c1-16(2,3)25-15(23)19-6-10-9-22(4-5-24-10)13-11-7-20-21-14(11)18-8-12(13)17/h7-8,10H,4-6,9H2,1-3H3,(H,19,23)(H,18,20,21). The minimum Gasteiger partial charge on any atom is -0.444 e. The molecule has 3 rings (SSSR count). The fourth-order valence-corrected chi connectivity index (χ4v) is 3.31. The van der Waals surface area contributed by atoms with Gasteiger partial charge in [-0.05, 0) is 36.7 Å².